The SMILES string of the molecule is Fc1ccc[c-]c1-c1ccccn1.[2H]C([2H])([2H])c1ccc2c(c1)oc1c(-c3nc4ccccc4n3-c3c(C(C)C)cc(-c4ccc(C5([2H])CCC(C)(C)CC5)cc4)cc3C(C)C)[c-]ccc12.[Ir]. The molecule has 1 aliphatic rings. The van der Waals surface area contributed by atoms with Crippen LogP contribution in [0.5, 0.6) is 0 Å². The van der Waals surface area contributed by atoms with E-state index in [1.54, 1.807) is 42.6 Å². The summed E-state index contributed by atoms with van der Waals surface area (Å²) < 4.78 is 55.2. The number of nitrogens with zero attached hydrogens (tertiary/aromatic N) is 3. The number of para-hydroxylation sites is 2. The standard InChI is InChI=1S/C46H47N2O.C11H7FN.Ir/c1-28(2)38-26-34(32-18-16-31(17-19-32)33-21-23-46(6,7)24-22-33)27-39(29(3)4)43(38)48-41-14-9-8-13-40(41)47-45(48)37-12-10-11-36-35-20-15-30(5)25-42(35)49-44(36)37;12-10-6-2-1-5-9(10)11-7-3-4-8-13-11;/h8-11,13-20,25-29,33H,21-24H2,1-7H3;1-4,6-8H;/q2*-1;/i5D3,33D;;. The van der Waals surface area contributed by atoms with Crippen LogP contribution < -0.4 is 0 Å². The van der Waals surface area contributed by atoms with Crippen LogP contribution in [0.25, 0.3) is 72.4 Å². The number of benzene rings is 6. The minimum atomic E-state index is -2.23. The Kier molecular flexibility index (Phi) is 11.3. The Balaban J connectivity index is 0.000000374. The molecule has 63 heavy (non-hydrogen) atoms. The number of hydrogen-bond donors (Lipinski definition) is 0. The van der Waals surface area contributed by atoms with Crippen molar-refractivity contribution in [2.75, 3.05) is 0 Å². The predicted molar refractivity (Wildman–Crippen MR) is 254 cm³/mol. The van der Waals surface area contributed by atoms with Gasteiger partial charge in [0.25, 0.3) is 0 Å². The van der Waals surface area contributed by atoms with Gasteiger partial charge in [-0.2, -0.15) is 0 Å². The van der Waals surface area contributed by atoms with Gasteiger partial charge in [0.15, 0.2) is 0 Å². The number of fused-ring (bicyclic) bond motifs is 4. The fourth-order valence-electron chi connectivity index (χ4n) is 8.85. The number of aryl methyl sites for hydroxylation is 1. The number of aromatic nitrogens is 3. The van der Waals surface area contributed by atoms with Crippen molar-refractivity contribution < 1.29 is 34.4 Å². The number of furan rings is 1. The summed E-state index contributed by atoms with van der Waals surface area (Å²) >= 11 is 0. The van der Waals surface area contributed by atoms with Crippen molar-refractivity contribution in [3.8, 4) is 39.5 Å². The van der Waals surface area contributed by atoms with E-state index >= 15 is 0 Å². The van der Waals surface area contributed by atoms with E-state index in [-0.39, 0.29) is 43.3 Å². The maximum absolute atomic E-state index is 13.2. The first-order valence-electron chi connectivity index (χ1n) is 23.7. The van der Waals surface area contributed by atoms with E-state index in [2.05, 4.69) is 112 Å². The molecule has 3 aromatic heterocycles. The summed E-state index contributed by atoms with van der Waals surface area (Å²) in [5.41, 5.74) is 12.3. The van der Waals surface area contributed by atoms with Crippen molar-refractivity contribution in [1.82, 2.24) is 14.5 Å². The van der Waals surface area contributed by atoms with Gasteiger partial charge >= 0.3 is 0 Å². The smallest absolute Gasteiger partial charge is 0.121 e. The first-order valence-corrected chi connectivity index (χ1v) is 21.7. The molecular formula is C57H54FIrN3O-2. The normalized spacial score (nSPS) is 15.6. The molecule has 6 aromatic carbocycles. The maximum Gasteiger partial charge on any atom is 0.121 e. The molecule has 10 rings (SSSR count). The van der Waals surface area contributed by atoms with E-state index < -0.39 is 12.7 Å². The van der Waals surface area contributed by atoms with Gasteiger partial charge in [0.2, 0.25) is 0 Å². The molecule has 0 saturated heterocycles. The van der Waals surface area contributed by atoms with E-state index in [0.717, 1.165) is 75.7 Å². The third-order valence-corrected chi connectivity index (χ3v) is 12.4. The summed E-state index contributed by atoms with van der Waals surface area (Å²) in [7, 11) is 0. The molecule has 1 radical (unpaired) electrons. The second kappa shape index (κ2) is 18.2. The van der Waals surface area contributed by atoms with Crippen LogP contribution in [0.1, 0.15) is 113 Å². The summed E-state index contributed by atoms with van der Waals surface area (Å²) in [6.45, 7) is 11.4. The molecule has 0 bridgehead atoms. The second-order valence-corrected chi connectivity index (χ2v) is 17.9. The Morgan fingerprint density at radius 1 is 0.778 bits per heavy atom. The van der Waals surface area contributed by atoms with E-state index in [9.17, 15) is 5.76 Å². The monoisotopic (exact) mass is 1010 g/mol. The van der Waals surface area contributed by atoms with Gasteiger partial charge in [0.1, 0.15) is 5.58 Å². The van der Waals surface area contributed by atoms with Gasteiger partial charge in [0, 0.05) is 48.7 Å². The van der Waals surface area contributed by atoms with Crippen LogP contribution >= 0.6 is 0 Å². The minimum absolute atomic E-state index is 0. The number of imidazole rings is 1. The van der Waals surface area contributed by atoms with E-state index in [1.165, 1.54) is 22.8 Å². The van der Waals surface area contributed by atoms with Crippen LogP contribution in [0.2, 0.25) is 0 Å². The zero-order chi connectivity index (χ0) is 46.5. The molecule has 9 aromatic rings. The largest absolute Gasteiger partial charge is 0.501 e. The van der Waals surface area contributed by atoms with Crippen molar-refractivity contribution in [2.24, 2.45) is 5.41 Å². The van der Waals surface area contributed by atoms with Gasteiger partial charge in [-0.3, -0.25) is 9.37 Å². The number of hydrogen-bond acceptors (Lipinski definition) is 3. The van der Waals surface area contributed by atoms with Crippen molar-refractivity contribution in [1.29, 1.82) is 0 Å². The van der Waals surface area contributed by atoms with E-state index in [0.29, 0.717) is 27.8 Å². The minimum Gasteiger partial charge on any atom is -0.501 e. The molecule has 1 fully saturated rings. The van der Waals surface area contributed by atoms with Crippen LogP contribution in [0, 0.1) is 30.2 Å². The fourth-order valence-corrected chi connectivity index (χ4v) is 8.85. The van der Waals surface area contributed by atoms with Crippen LogP contribution in [-0.2, 0) is 20.1 Å². The summed E-state index contributed by atoms with van der Waals surface area (Å²) in [6, 6.07) is 47.1. The quantitative estimate of drug-likeness (QED) is 0.149. The number of halogens is 1. The van der Waals surface area contributed by atoms with E-state index in [4.69, 9.17) is 13.5 Å². The van der Waals surface area contributed by atoms with Crippen LogP contribution in [0.15, 0.2) is 138 Å². The third kappa shape index (κ3) is 8.81. The van der Waals surface area contributed by atoms with Crippen LogP contribution in [0.3, 0.4) is 0 Å². The molecule has 0 amide bonds. The molecule has 1 aliphatic carbocycles. The van der Waals surface area contributed by atoms with Crippen molar-refractivity contribution in [2.45, 2.75) is 91.8 Å². The molecule has 0 spiro atoms. The average molecular weight is 1010 g/mol. The van der Waals surface area contributed by atoms with Crippen molar-refractivity contribution in [3.63, 3.8) is 0 Å². The maximum atomic E-state index is 13.2. The Hall–Kier alpha value is -5.68. The molecular weight excluding hydrogens is 954 g/mol. The molecule has 0 aliphatic heterocycles. The van der Waals surface area contributed by atoms with Crippen molar-refractivity contribution in [3.05, 3.63) is 174 Å². The fraction of sp³-hybridized carbons (Fsp3) is 0.263. The molecule has 0 unspecified atom stereocenters. The summed E-state index contributed by atoms with van der Waals surface area (Å²) in [6.07, 6.45) is 5.58. The summed E-state index contributed by atoms with van der Waals surface area (Å²) in [5, 5.41) is 1.75. The zero-order valence-electron chi connectivity index (χ0n) is 40.6. The Bertz CT molecular complexity index is 3170. The van der Waals surface area contributed by atoms with Crippen LogP contribution in [0.4, 0.5) is 4.39 Å². The van der Waals surface area contributed by atoms with Crippen LogP contribution in [-0.4, -0.2) is 14.5 Å². The first kappa shape index (κ1) is 39.0. The average Bonchev–Trinajstić information content (AvgIpc) is 3.88. The number of rotatable bonds is 7. The van der Waals surface area contributed by atoms with Gasteiger partial charge in [-0.1, -0.05) is 119 Å². The van der Waals surface area contributed by atoms with Crippen molar-refractivity contribution >= 4 is 33.0 Å². The topological polar surface area (TPSA) is 43.9 Å². The summed E-state index contributed by atoms with van der Waals surface area (Å²) in [5.74, 6) is 0.301. The van der Waals surface area contributed by atoms with Gasteiger partial charge in [-0.15, -0.1) is 42.5 Å². The summed E-state index contributed by atoms with van der Waals surface area (Å²) in [4.78, 5) is 9.29. The Morgan fingerprint density at radius 2 is 1.49 bits per heavy atom. The zero-order valence-corrected chi connectivity index (χ0v) is 39.0. The van der Waals surface area contributed by atoms with Gasteiger partial charge in [-0.05, 0) is 131 Å². The molecule has 0 N–H and O–H groups in total. The third-order valence-electron chi connectivity index (χ3n) is 12.4. The van der Waals surface area contributed by atoms with Gasteiger partial charge < -0.3 is 14.0 Å². The van der Waals surface area contributed by atoms with E-state index in [1.807, 2.05) is 36.4 Å². The molecule has 321 valence electrons. The van der Waals surface area contributed by atoms with Gasteiger partial charge in [0.05, 0.1) is 22.4 Å². The molecule has 3 heterocycles. The Labute approximate surface area is 390 Å². The Morgan fingerprint density at radius 3 is 2.17 bits per heavy atom. The predicted octanol–water partition coefficient (Wildman–Crippen LogP) is 16.0. The molecule has 4 nitrogen and oxygen atoms in total. The van der Waals surface area contributed by atoms with Gasteiger partial charge in [-0.25, -0.2) is 0 Å². The second-order valence-electron chi connectivity index (χ2n) is 17.9. The number of pyridine rings is 1. The molecule has 0 atom stereocenters. The first-order chi connectivity index (χ1) is 31.5. The molecule has 1 saturated carbocycles. The molecule has 6 heteroatoms.